The molecule has 0 fully saturated rings. The largest absolute Gasteiger partial charge is 0.314 e. The predicted molar refractivity (Wildman–Crippen MR) is 67.5 cm³/mol. The first-order valence-electron chi connectivity index (χ1n) is 5.96. The summed E-state index contributed by atoms with van der Waals surface area (Å²) in [5, 5.41) is 11.2. The van der Waals surface area contributed by atoms with E-state index in [0.717, 1.165) is 31.6 Å². The Morgan fingerprint density at radius 2 is 2.06 bits per heavy atom. The molecule has 0 amide bonds. The second-order valence-corrected chi connectivity index (χ2v) is 4.09. The summed E-state index contributed by atoms with van der Waals surface area (Å²) in [4.78, 5) is 0. The van der Waals surface area contributed by atoms with E-state index in [1.165, 1.54) is 5.56 Å². The molecular weight excluding hydrogens is 212 g/mol. The lowest BCUT2D eigenvalue weighted by molar-refractivity contribution is 0.558. The molecule has 1 heterocycles. The van der Waals surface area contributed by atoms with E-state index in [4.69, 9.17) is 0 Å². The molecule has 0 aliphatic heterocycles. The van der Waals surface area contributed by atoms with Crippen LogP contribution >= 0.6 is 0 Å². The zero-order valence-electron chi connectivity index (χ0n) is 10.1. The second-order valence-electron chi connectivity index (χ2n) is 4.09. The average Bonchev–Trinajstić information content (AvgIpc) is 2.79. The molecule has 0 saturated carbocycles. The normalized spacial score (nSPS) is 10.6. The van der Waals surface area contributed by atoms with Gasteiger partial charge in [-0.3, -0.25) is 4.68 Å². The molecule has 0 spiro atoms. The molecule has 1 N–H and O–H groups in total. The molecular formula is C13H18N4. The Morgan fingerprint density at radius 3 is 2.82 bits per heavy atom. The van der Waals surface area contributed by atoms with Crippen molar-refractivity contribution in [2.45, 2.75) is 25.9 Å². The highest BCUT2D eigenvalue weighted by Crippen LogP contribution is 2.03. The molecule has 1 aromatic heterocycles. The van der Waals surface area contributed by atoms with Gasteiger partial charge in [0, 0.05) is 19.3 Å². The van der Waals surface area contributed by atoms with Crippen molar-refractivity contribution in [1.29, 1.82) is 0 Å². The number of rotatable bonds is 6. The van der Waals surface area contributed by atoms with Crippen LogP contribution < -0.4 is 5.32 Å². The molecule has 0 unspecified atom stereocenters. The Bertz CT molecular complexity index is 436. The molecule has 90 valence electrons. The zero-order valence-corrected chi connectivity index (χ0v) is 10.1. The SMILES string of the molecule is CNCc1cn(CCCc2ccccc2)nn1. The maximum absolute atomic E-state index is 4.09. The average molecular weight is 230 g/mol. The van der Waals surface area contributed by atoms with Gasteiger partial charge >= 0.3 is 0 Å². The lowest BCUT2D eigenvalue weighted by Crippen LogP contribution is -2.05. The minimum atomic E-state index is 0.776. The Kier molecular flexibility index (Phi) is 4.27. The Morgan fingerprint density at radius 1 is 1.24 bits per heavy atom. The van der Waals surface area contributed by atoms with Crippen LogP contribution in [0.25, 0.3) is 0 Å². The first-order chi connectivity index (χ1) is 8.38. The van der Waals surface area contributed by atoms with Gasteiger partial charge in [-0.05, 0) is 25.5 Å². The van der Waals surface area contributed by atoms with Gasteiger partial charge in [0.1, 0.15) is 0 Å². The molecule has 0 aliphatic carbocycles. The Hall–Kier alpha value is -1.68. The van der Waals surface area contributed by atoms with E-state index in [2.05, 4.69) is 39.9 Å². The van der Waals surface area contributed by atoms with E-state index in [1.807, 2.05) is 24.0 Å². The Labute approximate surface area is 102 Å². The van der Waals surface area contributed by atoms with Crippen LogP contribution in [-0.2, 0) is 19.5 Å². The van der Waals surface area contributed by atoms with E-state index in [9.17, 15) is 0 Å². The summed E-state index contributed by atoms with van der Waals surface area (Å²) >= 11 is 0. The monoisotopic (exact) mass is 230 g/mol. The summed E-state index contributed by atoms with van der Waals surface area (Å²) in [5.41, 5.74) is 2.37. The summed E-state index contributed by atoms with van der Waals surface area (Å²) in [7, 11) is 1.91. The van der Waals surface area contributed by atoms with Gasteiger partial charge in [0.25, 0.3) is 0 Å². The van der Waals surface area contributed by atoms with Crippen molar-refractivity contribution < 1.29 is 0 Å². The van der Waals surface area contributed by atoms with Crippen LogP contribution in [0.2, 0.25) is 0 Å². The highest BCUT2D eigenvalue weighted by molar-refractivity contribution is 5.14. The number of aromatic nitrogens is 3. The molecule has 0 saturated heterocycles. The van der Waals surface area contributed by atoms with Crippen LogP contribution in [0.3, 0.4) is 0 Å². The third kappa shape index (κ3) is 3.67. The molecule has 4 heteroatoms. The minimum absolute atomic E-state index is 0.776. The molecule has 0 bridgehead atoms. The summed E-state index contributed by atoms with van der Waals surface area (Å²) in [6.45, 7) is 1.70. The van der Waals surface area contributed by atoms with Gasteiger partial charge in [-0.2, -0.15) is 0 Å². The van der Waals surface area contributed by atoms with E-state index in [1.54, 1.807) is 0 Å². The van der Waals surface area contributed by atoms with Gasteiger partial charge in [-0.25, -0.2) is 0 Å². The van der Waals surface area contributed by atoms with Crippen LogP contribution in [0.1, 0.15) is 17.7 Å². The summed E-state index contributed by atoms with van der Waals surface area (Å²) in [5.74, 6) is 0. The van der Waals surface area contributed by atoms with Crippen molar-refractivity contribution in [3.05, 3.63) is 47.8 Å². The molecule has 0 aliphatic rings. The van der Waals surface area contributed by atoms with Crippen molar-refractivity contribution in [3.8, 4) is 0 Å². The number of benzene rings is 1. The highest BCUT2D eigenvalue weighted by atomic mass is 15.4. The number of nitrogens with one attached hydrogen (secondary N) is 1. The van der Waals surface area contributed by atoms with Gasteiger partial charge in [0.05, 0.1) is 5.69 Å². The van der Waals surface area contributed by atoms with Gasteiger partial charge < -0.3 is 5.32 Å². The van der Waals surface area contributed by atoms with Crippen LogP contribution in [-0.4, -0.2) is 22.0 Å². The van der Waals surface area contributed by atoms with Crippen molar-refractivity contribution >= 4 is 0 Å². The number of aryl methyl sites for hydroxylation is 2. The van der Waals surface area contributed by atoms with Crippen LogP contribution in [0.15, 0.2) is 36.5 Å². The quantitative estimate of drug-likeness (QED) is 0.820. The zero-order chi connectivity index (χ0) is 11.9. The summed E-state index contributed by atoms with van der Waals surface area (Å²) in [6, 6.07) is 10.5. The molecule has 2 aromatic rings. The van der Waals surface area contributed by atoms with E-state index in [0.29, 0.717) is 0 Å². The second kappa shape index (κ2) is 6.15. The van der Waals surface area contributed by atoms with Crippen LogP contribution in [0, 0.1) is 0 Å². The van der Waals surface area contributed by atoms with Crippen LogP contribution in [0.4, 0.5) is 0 Å². The molecule has 0 radical (unpaired) electrons. The summed E-state index contributed by atoms with van der Waals surface area (Å²) < 4.78 is 1.91. The van der Waals surface area contributed by atoms with Gasteiger partial charge in [0.15, 0.2) is 0 Å². The minimum Gasteiger partial charge on any atom is -0.314 e. The van der Waals surface area contributed by atoms with Gasteiger partial charge in [0.2, 0.25) is 0 Å². The van der Waals surface area contributed by atoms with Crippen molar-refractivity contribution in [1.82, 2.24) is 20.3 Å². The Balaban J connectivity index is 1.78. The first-order valence-corrected chi connectivity index (χ1v) is 5.96. The van der Waals surface area contributed by atoms with E-state index in [-0.39, 0.29) is 0 Å². The fourth-order valence-electron chi connectivity index (χ4n) is 1.80. The number of nitrogens with zero attached hydrogens (tertiary/aromatic N) is 3. The third-order valence-corrected chi connectivity index (χ3v) is 2.64. The maximum atomic E-state index is 4.09. The highest BCUT2D eigenvalue weighted by Gasteiger charge is 1.99. The fraction of sp³-hybridized carbons (Fsp3) is 0.385. The molecule has 4 nitrogen and oxygen atoms in total. The maximum Gasteiger partial charge on any atom is 0.0964 e. The predicted octanol–water partition coefficient (Wildman–Crippen LogP) is 1.63. The summed E-state index contributed by atoms with van der Waals surface area (Å²) in [6.07, 6.45) is 4.18. The van der Waals surface area contributed by atoms with Crippen molar-refractivity contribution in [3.63, 3.8) is 0 Å². The van der Waals surface area contributed by atoms with Gasteiger partial charge in [-0.1, -0.05) is 35.5 Å². The fourth-order valence-corrected chi connectivity index (χ4v) is 1.80. The topological polar surface area (TPSA) is 42.7 Å². The number of hydrogen-bond acceptors (Lipinski definition) is 3. The van der Waals surface area contributed by atoms with Crippen molar-refractivity contribution in [2.75, 3.05) is 7.05 Å². The van der Waals surface area contributed by atoms with E-state index >= 15 is 0 Å². The first kappa shape index (κ1) is 11.8. The van der Waals surface area contributed by atoms with Crippen molar-refractivity contribution in [2.24, 2.45) is 0 Å². The van der Waals surface area contributed by atoms with E-state index < -0.39 is 0 Å². The number of hydrogen-bond donors (Lipinski definition) is 1. The standard InChI is InChI=1S/C13H18N4/c1-14-10-13-11-17(16-15-13)9-5-8-12-6-3-2-4-7-12/h2-4,6-7,11,14H,5,8-10H2,1H3. The van der Waals surface area contributed by atoms with Gasteiger partial charge in [-0.15, -0.1) is 5.10 Å². The molecule has 17 heavy (non-hydrogen) atoms. The molecule has 2 rings (SSSR count). The lowest BCUT2D eigenvalue weighted by atomic mass is 10.1. The smallest absolute Gasteiger partial charge is 0.0964 e. The van der Waals surface area contributed by atoms with Crippen LogP contribution in [0.5, 0.6) is 0 Å². The molecule has 0 atom stereocenters. The lowest BCUT2D eigenvalue weighted by Gasteiger charge is -2.01. The molecule has 1 aromatic carbocycles. The third-order valence-electron chi connectivity index (χ3n) is 2.64.